The number of hydrogen-bond acceptors (Lipinski definition) is 11. The third kappa shape index (κ3) is 8.14. The van der Waals surface area contributed by atoms with Crippen LogP contribution in [-0.4, -0.2) is 101 Å². The highest BCUT2D eigenvalue weighted by Gasteiger charge is 2.30. The molecule has 5 amide bonds. The summed E-state index contributed by atoms with van der Waals surface area (Å²) in [6, 6.07) is 18.7. The van der Waals surface area contributed by atoms with Crippen LogP contribution in [0.4, 0.5) is 43.7 Å². The number of anilines is 6. The smallest absolute Gasteiger partial charge is 0.328 e. The maximum absolute atomic E-state index is 16.1. The van der Waals surface area contributed by atoms with E-state index in [0.717, 1.165) is 87.0 Å². The lowest BCUT2D eigenvalue weighted by Gasteiger charge is -2.40. The molecule has 0 bridgehead atoms. The summed E-state index contributed by atoms with van der Waals surface area (Å²) in [6.45, 7) is 11.0. The minimum absolute atomic E-state index is 0.0662. The topological polar surface area (TPSA) is 187 Å². The predicted molar refractivity (Wildman–Crippen MR) is 235 cm³/mol. The molecule has 0 aliphatic carbocycles. The number of fused-ring (bicyclic) bond motifs is 2. The van der Waals surface area contributed by atoms with Crippen LogP contribution in [0.25, 0.3) is 11.3 Å². The van der Waals surface area contributed by atoms with Gasteiger partial charge in [0.2, 0.25) is 11.9 Å². The zero-order valence-electron chi connectivity index (χ0n) is 34.8. The van der Waals surface area contributed by atoms with E-state index in [0.29, 0.717) is 43.4 Å². The molecule has 6 heterocycles. The third-order valence-corrected chi connectivity index (χ3v) is 12.5. The number of piperazine rings is 1. The number of piperidine rings is 1. The van der Waals surface area contributed by atoms with E-state index in [1.54, 1.807) is 22.6 Å². The molecule has 3 aromatic carbocycles. The molecule has 17 heteroatoms. The van der Waals surface area contributed by atoms with Crippen molar-refractivity contribution in [1.82, 2.24) is 30.0 Å². The largest absolute Gasteiger partial charge is 0.372 e. The monoisotopic (exact) mass is 840 g/mol. The lowest BCUT2D eigenvalue weighted by Crippen LogP contribution is -2.49. The number of hydrogen-bond donors (Lipinski definition) is 4. The summed E-state index contributed by atoms with van der Waals surface area (Å²) in [6.07, 6.45) is 4.71. The van der Waals surface area contributed by atoms with Crippen molar-refractivity contribution >= 4 is 58.3 Å². The first-order chi connectivity index (χ1) is 30.0. The molecule has 0 saturated carbocycles. The first kappa shape index (κ1) is 40.5. The summed E-state index contributed by atoms with van der Waals surface area (Å²) < 4.78 is 17.8. The van der Waals surface area contributed by atoms with Crippen molar-refractivity contribution in [2.24, 2.45) is 11.7 Å². The Morgan fingerprint density at radius 2 is 1.56 bits per heavy atom. The lowest BCUT2D eigenvalue weighted by molar-refractivity contribution is -0.120. The van der Waals surface area contributed by atoms with Crippen molar-refractivity contribution in [2.45, 2.75) is 46.1 Å². The Morgan fingerprint density at radius 3 is 2.29 bits per heavy atom. The molecule has 0 atom stereocenters. The van der Waals surface area contributed by atoms with Crippen molar-refractivity contribution < 1.29 is 23.6 Å². The number of nitrogens with zero attached hydrogens (tertiary/aromatic N) is 8. The number of nitrogens with one attached hydrogen (secondary N) is 3. The second-order valence-corrected chi connectivity index (χ2v) is 16.4. The standard InChI is InChI=1S/C45H49FN12O4/c1-27-11-16-48-44(49-27)52-43(61)34-8-9-35(39(46)28(34)2)40-38(41(47)60)42-50-36-10-7-33(25-30(36)14-20-58(42)53-40)56-23-21-54(22-24-56)26-29-12-17-55(18-13-29)31-3-5-32(6-4-31)57-19-15-37(59)51-45(57)62/h3-11,16,25,29,50H,12-15,17-24,26H2,1-2H3,(H2,47,60)(H,51,59,62)(H,48,49,52,61). The number of carbonyl (C=O) groups excluding carboxylic acids is 4. The fourth-order valence-electron chi connectivity index (χ4n) is 9.01. The van der Waals surface area contributed by atoms with Crippen LogP contribution in [0.1, 0.15) is 56.8 Å². The van der Waals surface area contributed by atoms with Gasteiger partial charge >= 0.3 is 6.03 Å². The summed E-state index contributed by atoms with van der Waals surface area (Å²) in [5.74, 6) is -1.07. The van der Waals surface area contributed by atoms with Gasteiger partial charge in [0.05, 0.1) is 0 Å². The first-order valence-electron chi connectivity index (χ1n) is 21.1. The van der Waals surface area contributed by atoms with Gasteiger partial charge in [-0.2, -0.15) is 5.10 Å². The van der Waals surface area contributed by atoms with Gasteiger partial charge in [-0.05, 0) is 111 Å². The molecule has 62 heavy (non-hydrogen) atoms. The van der Waals surface area contributed by atoms with Crippen LogP contribution >= 0.6 is 0 Å². The van der Waals surface area contributed by atoms with Crippen molar-refractivity contribution in [2.75, 3.05) is 77.7 Å². The van der Waals surface area contributed by atoms with Crippen molar-refractivity contribution in [3.63, 3.8) is 0 Å². The second kappa shape index (κ2) is 16.9. The summed E-state index contributed by atoms with van der Waals surface area (Å²) in [7, 11) is 0. The van der Waals surface area contributed by atoms with Gasteiger partial charge in [-0.1, -0.05) is 0 Å². The maximum Gasteiger partial charge on any atom is 0.328 e. The average Bonchev–Trinajstić information content (AvgIpc) is 3.52. The molecule has 4 aliphatic heterocycles. The van der Waals surface area contributed by atoms with E-state index < -0.39 is 17.6 Å². The van der Waals surface area contributed by atoms with Crippen molar-refractivity contribution in [3.05, 3.63) is 101 Å². The number of rotatable bonds is 9. The van der Waals surface area contributed by atoms with E-state index in [2.05, 4.69) is 64.9 Å². The Kier molecular flexibility index (Phi) is 11.0. The number of aryl methyl sites for hydroxylation is 3. The Morgan fingerprint density at radius 1 is 0.839 bits per heavy atom. The van der Waals surface area contributed by atoms with Crippen LogP contribution in [0.2, 0.25) is 0 Å². The van der Waals surface area contributed by atoms with Crippen LogP contribution in [0, 0.1) is 25.6 Å². The van der Waals surface area contributed by atoms with Gasteiger partial charge in [0.15, 0.2) is 0 Å². The second-order valence-electron chi connectivity index (χ2n) is 16.4. The number of benzene rings is 3. The molecule has 5 N–H and O–H groups in total. The Balaban J connectivity index is 0.802. The van der Waals surface area contributed by atoms with Gasteiger partial charge in [0, 0.05) is 111 Å². The number of halogens is 1. The van der Waals surface area contributed by atoms with Gasteiger partial charge in [-0.3, -0.25) is 34.8 Å². The minimum Gasteiger partial charge on any atom is -0.372 e. The van der Waals surface area contributed by atoms with E-state index in [9.17, 15) is 19.2 Å². The van der Waals surface area contributed by atoms with Crippen LogP contribution in [-0.2, 0) is 17.8 Å². The van der Waals surface area contributed by atoms with E-state index in [1.165, 1.54) is 25.3 Å². The molecule has 16 nitrogen and oxygen atoms in total. The summed E-state index contributed by atoms with van der Waals surface area (Å²) in [5.41, 5.74) is 12.1. The van der Waals surface area contributed by atoms with Crippen molar-refractivity contribution in [1.29, 1.82) is 0 Å². The maximum atomic E-state index is 16.1. The van der Waals surface area contributed by atoms with Crippen molar-refractivity contribution in [3.8, 4) is 11.3 Å². The summed E-state index contributed by atoms with van der Waals surface area (Å²) in [4.78, 5) is 67.1. The van der Waals surface area contributed by atoms with E-state index in [1.807, 2.05) is 18.2 Å². The highest BCUT2D eigenvalue weighted by Crippen LogP contribution is 2.38. The van der Waals surface area contributed by atoms with E-state index in [-0.39, 0.29) is 45.8 Å². The summed E-state index contributed by atoms with van der Waals surface area (Å²) >= 11 is 0. The number of primary amides is 1. The van der Waals surface area contributed by atoms with Gasteiger partial charge in [-0.15, -0.1) is 0 Å². The highest BCUT2D eigenvalue weighted by atomic mass is 19.1. The Bertz CT molecular complexity index is 2560. The quantitative estimate of drug-likeness (QED) is 0.152. The fourth-order valence-corrected chi connectivity index (χ4v) is 9.01. The number of urea groups is 1. The molecule has 9 rings (SSSR count). The molecule has 320 valence electrons. The van der Waals surface area contributed by atoms with E-state index in [4.69, 9.17) is 10.8 Å². The number of imide groups is 1. The van der Waals surface area contributed by atoms with Gasteiger partial charge in [0.1, 0.15) is 22.9 Å². The zero-order chi connectivity index (χ0) is 43.1. The van der Waals surface area contributed by atoms with E-state index >= 15 is 4.39 Å². The normalized spacial score (nSPS) is 17.2. The zero-order valence-corrected chi connectivity index (χ0v) is 34.8. The molecular weight excluding hydrogens is 792 g/mol. The van der Waals surface area contributed by atoms with Crippen LogP contribution < -0.4 is 36.4 Å². The minimum atomic E-state index is -0.746. The number of nitrogens with two attached hydrogens (primary N) is 1. The van der Waals surface area contributed by atoms with Crippen LogP contribution in [0.3, 0.4) is 0 Å². The third-order valence-electron chi connectivity index (χ3n) is 12.5. The fraction of sp³-hybridized carbons (Fsp3) is 0.356. The van der Waals surface area contributed by atoms with Crippen LogP contribution in [0.5, 0.6) is 0 Å². The number of aromatic nitrogens is 4. The highest BCUT2D eigenvalue weighted by molar-refractivity contribution is 6.07. The summed E-state index contributed by atoms with van der Waals surface area (Å²) in [5, 5.41) is 13.1. The first-order valence-corrected chi connectivity index (χ1v) is 21.1. The molecule has 4 aliphatic rings. The van der Waals surface area contributed by atoms with Gasteiger partial charge < -0.3 is 20.9 Å². The molecule has 5 aromatic rings. The number of carbonyl (C=O) groups is 4. The molecule has 0 unspecified atom stereocenters. The molecule has 0 spiro atoms. The number of amides is 5. The van der Waals surface area contributed by atoms with Crippen LogP contribution in [0.15, 0.2) is 66.9 Å². The molecule has 3 fully saturated rings. The SMILES string of the molecule is Cc1ccnc(NC(=O)c2ccc(-c3nn4c(c3C(N)=O)Nc3ccc(N5CCN(CC6CCN(c7ccc(N8CCC(=O)NC8=O)cc7)CC6)CC5)cc3CC4)c(F)c2C)n1. The lowest BCUT2D eigenvalue weighted by atomic mass is 9.95. The predicted octanol–water partition coefficient (Wildman–Crippen LogP) is 5.23. The Labute approximate surface area is 358 Å². The Hall–Kier alpha value is -6.88. The average molecular weight is 841 g/mol. The van der Waals surface area contributed by atoms with Gasteiger partial charge in [-0.25, -0.2) is 23.8 Å². The molecule has 3 saturated heterocycles. The van der Waals surface area contributed by atoms with Gasteiger partial charge in [0.25, 0.3) is 11.8 Å². The molecular formula is C45H49FN12O4. The molecule has 0 radical (unpaired) electrons. The molecule has 2 aromatic heterocycles.